The molecule has 0 saturated heterocycles. The lowest BCUT2D eigenvalue weighted by Crippen LogP contribution is -1.98. The lowest BCUT2D eigenvalue weighted by Gasteiger charge is -2.09. The van der Waals surface area contributed by atoms with Gasteiger partial charge in [0.05, 0.1) is 5.02 Å². The highest BCUT2D eigenvalue weighted by molar-refractivity contribution is 6.32. The van der Waals surface area contributed by atoms with Crippen LogP contribution in [0.15, 0.2) is 12.1 Å². The molecule has 2 rings (SSSR count). The molecule has 1 N–H and O–H groups in total. The summed E-state index contributed by atoms with van der Waals surface area (Å²) in [4.78, 5) is 11.6. The van der Waals surface area contributed by atoms with E-state index in [-0.39, 0.29) is 22.4 Å². The quantitative estimate of drug-likeness (QED) is 0.824. The molecule has 0 saturated carbocycles. The normalized spacial score (nSPS) is 18.4. The number of carbonyl (C=O) groups excluding carboxylic acids is 1. The van der Waals surface area contributed by atoms with Crippen molar-refractivity contribution in [3.8, 4) is 5.75 Å². The number of benzene rings is 1. The van der Waals surface area contributed by atoms with Gasteiger partial charge in [-0.25, -0.2) is 4.79 Å². The number of halogens is 1. The van der Waals surface area contributed by atoms with E-state index in [1.165, 1.54) is 0 Å². The topological polar surface area (TPSA) is 46.5 Å². The molecule has 1 atom stereocenters. The molecular formula is C12H13ClO3. The van der Waals surface area contributed by atoms with E-state index in [1.807, 2.05) is 0 Å². The second-order valence-corrected chi connectivity index (χ2v) is 4.30. The van der Waals surface area contributed by atoms with E-state index in [1.54, 1.807) is 12.1 Å². The SMILES string of the molecule is CCCCC1OC(=O)c2c1ccc(Cl)c2O. The van der Waals surface area contributed by atoms with Crippen LogP contribution in [0, 0.1) is 0 Å². The first-order valence-electron chi connectivity index (χ1n) is 5.37. The third-order valence-electron chi connectivity index (χ3n) is 2.78. The summed E-state index contributed by atoms with van der Waals surface area (Å²) >= 11 is 5.75. The number of rotatable bonds is 3. The van der Waals surface area contributed by atoms with E-state index in [0.717, 1.165) is 24.8 Å². The smallest absolute Gasteiger partial charge is 0.343 e. The molecule has 16 heavy (non-hydrogen) atoms. The molecule has 0 fully saturated rings. The van der Waals surface area contributed by atoms with Gasteiger partial charge < -0.3 is 9.84 Å². The molecule has 0 aliphatic carbocycles. The number of unbranched alkanes of at least 4 members (excludes halogenated alkanes) is 1. The number of cyclic esters (lactones) is 1. The maximum absolute atomic E-state index is 11.6. The van der Waals surface area contributed by atoms with Crippen LogP contribution in [0.4, 0.5) is 0 Å². The Kier molecular flexibility index (Phi) is 3.06. The summed E-state index contributed by atoms with van der Waals surface area (Å²) in [6, 6.07) is 3.35. The standard InChI is InChI=1S/C12H13ClO3/c1-2-3-4-9-7-5-6-8(13)11(14)10(7)12(15)16-9/h5-6,9,14H,2-4H2,1H3. The number of ether oxygens (including phenoxy) is 1. The summed E-state index contributed by atoms with van der Waals surface area (Å²) in [6.07, 6.45) is 2.59. The highest BCUT2D eigenvalue weighted by Gasteiger charge is 2.33. The number of aromatic hydroxyl groups is 1. The lowest BCUT2D eigenvalue weighted by atomic mass is 10.0. The molecule has 1 unspecified atom stereocenters. The number of esters is 1. The fourth-order valence-corrected chi connectivity index (χ4v) is 2.08. The molecule has 0 aromatic heterocycles. The maximum atomic E-state index is 11.6. The highest BCUT2D eigenvalue weighted by Crippen LogP contribution is 2.41. The summed E-state index contributed by atoms with van der Waals surface area (Å²) in [5.74, 6) is -0.640. The minimum absolute atomic E-state index is 0.164. The van der Waals surface area contributed by atoms with Gasteiger partial charge in [-0.3, -0.25) is 0 Å². The van der Waals surface area contributed by atoms with Crippen LogP contribution in [0.25, 0.3) is 0 Å². The Morgan fingerprint density at radius 1 is 1.50 bits per heavy atom. The van der Waals surface area contributed by atoms with Crippen molar-refractivity contribution >= 4 is 17.6 Å². The summed E-state index contributed by atoms with van der Waals surface area (Å²) < 4.78 is 5.21. The predicted octanol–water partition coefficient (Wildman–Crippen LogP) is 3.45. The average Bonchev–Trinajstić information content (AvgIpc) is 2.58. The fourth-order valence-electron chi connectivity index (χ4n) is 1.92. The number of hydrogen-bond donors (Lipinski definition) is 1. The monoisotopic (exact) mass is 240 g/mol. The zero-order valence-corrected chi connectivity index (χ0v) is 9.75. The number of fused-ring (bicyclic) bond motifs is 1. The van der Waals surface area contributed by atoms with Crippen molar-refractivity contribution < 1.29 is 14.6 Å². The van der Waals surface area contributed by atoms with Crippen molar-refractivity contribution in [3.63, 3.8) is 0 Å². The Hall–Kier alpha value is -1.22. The van der Waals surface area contributed by atoms with Crippen LogP contribution in [-0.2, 0) is 4.74 Å². The highest BCUT2D eigenvalue weighted by atomic mass is 35.5. The van der Waals surface area contributed by atoms with Gasteiger partial charge in [0.1, 0.15) is 17.4 Å². The number of phenols is 1. The molecule has 1 heterocycles. The van der Waals surface area contributed by atoms with E-state index in [4.69, 9.17) is 16.3 Å². The first-order valence-corrected chi connectivity index (χ1v) is 5.75. The minimum Gasteiger partial charge on any atom is -0.505 e. The average molecular weight is 241 g/mol. The minimum atomic E-state index is -0.476. The summed E-state index contributed by atoms with van der Waals surface area (Å²) in [5.41, 5.74) is 0.981. The van der Waals surface area contributed by atoms with Crippen LogP contribution in [0.1, 0.15) is 48.2 Å². The molecule has 0 radical (unpaired) electrons. The summed E-state index contributed by atoms with van der Waals surface area (Å²) in [7, 11) is 0. The zero-order valence-electron chi connectivity index (χ0n) is 9.00. The third-order valence-corrected chi connectivity index (χ3v) is 3.09. The Labute approximate surface area is 99.0 Å². The number of phenolic OH excluding ortho intramolecular Hbond substituents is 1. The molecule has 1 aromatic carbocycles. The van der Waals surface area contributed by atoms with Gasteiger partial charge in [0.25, 0.3) is 0 Å². The van der Waals surface area contributed by atoms with Gasteiger partial charge in [-0.05, 0) is 18.9 Å². The summed E-state index contributed by atoms with van der Waals surface area (Å²) in [6.45, 7) is 2.08. The van der Waals surface area contributed by atoms with Crippen molar-refractivity contribution in [2.75, 3.05) is 0 Å². The largest absolute Gasteiger partial charge is 0.505 e. The van der Waals surface area contributed by atoms with E-state index in [2.05, 4.69) is 6.92 Å². The first kappa shape index (κ1) is 11.3. The molecule has 0 bridgehead atoms. The van der Waals surface area contributed by atoms with Crippen molar-refractivity contribution in [2.24, 2.45) is 0 Å². The van der Waals surface area contributed by atoms with E-state index in [9.17, 15) is 9.90 Å². The second-order valence-electron chi connectivity index (χ2n) is 3.90. The molecule has 1 aliphatic rings. The summed E-state index contributed by atoms with van der Waals surface area (Å²) in [5, 5.41) is 9.89. The lowest BCUT2D eigenvalue weighted by molar-refractivity contribution is 0.0363. The van der Waals surface area contributed by atoms with Crippen LogP contribution >= 0.6 is 11.6 Å². The predicted molar refractivity (Wildman–Crippen MR) is 60.8 cm³/mol. The molecule has 0 spiro atoms. The molecule has 1 aliphatic heterocycles. The van der Waals surface area contributed by atoms with E-state index >= 15 is 0 Å². The maximum Gasteiger partial charge on any atom is 0.343 e. The van der Waals surface area contributed by atoms with Crippen LogP contribution in [-0.4, -0.2) is 11.1 Å². The second kappa shape index (κ2) is 4.34. The van der Waals surface area contributed by atoms with Gasteiger partial charge in [-0.1, -0.05) is 31.0 Å². The molecule has 86 valence electrons. The van der Waals surface area contributed by atoms with Gasteiger partial charge in [0.15, 0.2) is 0 Å². The van der Waals surface area contributed by atoms with Gasteiger partial charge in [-0.15, -0.1) is 0 Å². The Morgan fingerprint density at radius 3 is 2.94 bits per heavy atom. The van der Waals surface area contributed by atoms with Gasteiger partial charge >= 0.3 is 5.97 Å². The van der Waals surface area contributed by atoms with Crippen LogP contribution in [0.3, 0.4) is 0 Å². The van der Waals surface area contributed by atoms with Crippen molar-refractivity contribution in [2.45, 2.75) is 32.3 Å². The molecule has 0 amide bonds. The molecular weight excluding hydrogens is 228 g/mol. The zero-order chi connectivity index (χ0) is 11.7. The van der Waals surface area contributed by atoms with Gasteiger partial charge in [-0.2, -0.15) is 0 Å². The van der Waals surface area contributed by atoms with Crippen molar-refractivity contribution in [1.82, 2.24) is 0 Å². The van der Waals surface area contributed by atoms with Crippen LogP contribution in [0.5, 0.6) is 5.75 Å². The van der Waals surface area contributed by atoms with Crippen LogP contribution < -0.4 is 0 Å². The first-order chi connectivity index (χ1) is 7.65. The Morgan fingerprint density at radius 2 is 2.25 bits per heavy atom. The van der Waals surface area contributed by atoms with E-state index in [0.29, 0.717) is 0 Å². The number of carbonyl (C=O) groups is 1. The molecule has 3 nitrogen and oxygen atoms in total. The Balaban J connectivity index is 2.36. The number of hydrogen-bond acceptors (Lipinski definition) is 3. The van der Waals surface area contributed by atoms with Gasteiger partial charge in [0, 0.05) is 5.56 Å². The fraction of sp³-hybridized carbons (Fsp3) is 0.417. The van der Waals surface area contributed by atoms with Crippen LogP contribution in [0.2, 0.25) is 5.02 Å². The molecule has 1 aromatic rings. The molecule has 4 heteroatoms. The van der Waals surface area contributed by atoms with Crippen molar-refractivity contribution in [3.05, 3.63) is 28.3 Å². The Bertz CT molecular complexity index is 429. The van der Waals surface area contributed by atoms with Crippen molar-refractivity contribution in [1.29, 1.82) is 0 Å². The van der Waals surface area contributed by atoms with Gasteiger partial charge in [0.2, 0.25) is 0 Å². The van der Waals surface area contributed by atoms with E-state index < -0.39 is 5.97 Å². The third kappa shape index (κ3) is 1.76.